The predicted octanol–water partition coefficient (Wildman–Crippen LogP) is 2.59. The van der Waals surface area contributed by atoms with Gasteiger partial charge >= 0.3 is 6.03 Å². The maximum atomic E-state index is 13.7. The fraction of sp³-hybridized carbons (Fsp3) is 0.118. The van der Waals surface area contributed by atoms with Crippen molar-refractivity contribution in [3.63, 3.8) is 0 Å². The van der Waals surface area contributed by atoms with Gasteiger partial charge in [0.1, 0.15) is 17.8 Å². The third-order valence-corrected chi connectivity index (χ3v) is 4.05. The summed E-state index contributed by atoms with van der Waals surface area (Å²) >= 11 is 0. The van der Waals surface area contributed by atoms with Gasteiger partial charge in [0.25, 0.3) is 5.91 Å². The zero-order valence-electron chi connectivity index (χ0n) is 13.4. The molecule has 0 radical (unpaired) electrons. The van der Waals surface area contributed by atoms with Gasteiger partial charge in [-0.1, -0.05) is 5.16 Å². The SMILES string of the molecule is O=C(NC=C1CCNC(=O)c2[nH]c3ccc(F)cc3c21)Nc1ccon1. The van der Waals surface area contributed by atoms with E-state index in [1.807, 2.05) is 0 Å². The van der Waals surface area contributed by atoms with E-state index in [0.717, 1.165) is 0 Å². The van der Waals surface area contributed by atoms with Crippen LogP contribution >= 0.6 is 0 Å². The summed E-state index contributed by atoms with van der Waals surface area (Å²) in [5.74, 6) is -0.402. The Balaban J connectivity index is 1.69. The van der Waals surface area contributed by atoms with Gasteiger partial charge in [-0.05, 0) is 30.2 Å². The van der Waals surface area contributed by atoms with Gasteiger partial charge in [0, 0.05) is 35.3 Å². The molecule has 3 amide bonds. The molecule has 8 nitrogen and oxygen atoms in total. The Morgan fingerprint density at radius 1 is 1.35 bits per heavy atom. The first kappa shape index (κ1) is 15.9. The summed E-state index contributed by atoms with van der Waals surface area (Å²) in [6.45, 7) is 0.399. The van der Waals surface area contributed by atoms with E-state index in [9.17, 15) is 14.0 Å². The number of urea groups is 1. The van der Waals surface area contributed by atoms with Crippen LogP contribution in [0.15, 0.2) is 41.3 Å². The van der Waals surface area contributed by atoms with E-state index in [2.05, 4.69) is 30.6 Å². The van der Waals surface area contributed by atoms with E-state index in [1.54, 1.807) is 6.07 Å². The monoisotopic (exact) mass is 355 g/mol. The lowest BCUT2D eigenvalue weighted by Crippen LogP contribution is -2.24. The molecule has 1 aliphatic heterocycles. The highest BCUT2D eigenvalue weighted by atomic mass is 19.1. The lowest BCUT2D eigenvalue weighted by atomic mass is 10.0. The van der Waals surface area contributed by atoms with E-state index in [0.29, 0.717) is 40.7 Å². The molecular formula is C17H14FN5O3. The number of rotatable bonds is 2. The van der Waals surface area contributed by atoms with Crippen LogP contribution in [0.3, 0.4) is 0 Å². The van der Waals surface area contributed by atoms with Gasteiger partial charge in [0.05, 0.1) is 0 Å². The Labute approximate surface area is 146 Å². The Morgan fingerprint density at radius 2 is 2.23 bits per heavy atom. The zero-order valence-corrected chi connectivity index (χ0v) is 13.4. The van der Waals surface area contributed by atoms with Crippen molar-refractivity contribution < 1.29 is 18.5 Å². The van der Waals surface area contributed by atoms with Crippen LogP contribution in [0, 0.1) is 5.82 Å². The van der Waals surface area contributed by atoms with Crippen LogP contribution in [0.4, 0.5) is 15.0 Å². The molecule has 0 saturated carbocycles. The molecule has 0 aliphatic carbocycles. The quantitative estimate of drug-likeness (QED) is 0.566. The minimum Gasteiger partial charge on any atom is -0.363 e. The molecule has 3 heterocycles. The maximum absolute atomic E-state index is 13.7. The van der Waals surface area contributed by atoms with Crippen LogP contribution in [0.5, 0.6) is 0 Å². The molecule has 0 bridgehead atoms. The fourth-order valence-corrected chi connectivity index (χ4v) is 2.92. The average Bonchev–Trinajstić information content (AvgIpc) is 3.21. The van der Waals surface area contributed by atoms with Gasteiger partial charge in [0.15, 0.2) is 5.82 Å². The molecule has 0 atom stereocenters. The molecule has 3 aromatic rings. The van der Waals surface area contributed by atoms with Crippen LogP contribution in [0.1, 0.15) is 22.5 Å². The number of nitrogens with zero attached hydrogens (tertiary/aromatic N) is 1. The van der Waals surface area contributed by atoms with Crippen molar-refractivity contribution >= 4 is 34.2 Å². The molecule has 0 saturated heterocycles. The first-order chi connectivity index (χ1) is 12.6. The maximum Gasteiger partial charge on any atom is 0.324 e. The van der Waals surface area contributed by atoms with Crippen molar-refractivity contribution in [1.29, 1.82) is 0 Å². The van der Waals surface area contributed by atoms with Gasteiger partial charge in [-0.25, -0.2) is 9.18 Å². The van der Waals surface area contributed by atoms with Crippen LogP contribution in [-0.2, 0) is 0 Å². The summed E-state index contributed by atoms with van der Waals surface area (Å²) in [4.78, 5) is 27.3. The topological polar surface area (TPSA) is 112 Å². The van der Waals surface area contributed by atoms with Gasteiger partial charge < -0.3 is 20.1 Å². The normalized spacial score (nSPS) is 15.4. The number of benzene rings is 1. The highest BCUT2D eigenvalue weighted by Crippen LogP contribution is 2.32. The summed E-state index contributed by atoms with van der Waals surface area (Å²) < 4.78 is 18.3. The van der Waals surface area contributed by atoms with Crippen LogP contribution in [0.25, 0.3) is 16.5 Å². The molecular weight excluding hydrogens is 341 g/mol. The second kappa shape index (κ2) is 6.36. The number of fused-ring (bicyclic) bond motifs is 3. The predicted molar refractivity (Wildman–Crippen MR) is 91.8 cm³/mol. The third kappa shape index (κ3) is 2.90. The summed E-state index contributed by atoms with van der Waals surface area (Å²) in [6.07, 6.45) is 3.32. The number of carbonyl (C=O) groups is 2. The highest BCUT2D eigenvalue weighted by Gasteiger charge is 2.24. The Hall–Kier alpha value is -3.62. The van der Waals surface area contributed by atoms with E-state index in [1.165, 1.54) is 30.7 Å². The molecule has 1 aliphatic rings. The number of halogens is 1. The van der Waals surface area contributed by atoms with Crippen molar-refractivity contribution in [2.75, 3.05) is 11.9 Å². The van der Waals surface area contributed by atoms with Gasteiger partial charge in [-0.3, -0.25) is 10.1 Å². The van der Waals surface area contributed by atoms with Crippen molar-refractivity contribution in [2.24, 2.45) is 0 Å². The summed E-state index contributed by atoms with van der Waals surface area (Å²) in [7, 11) is 0. The Morgan fingerprint density at radius 3 is 3.04 bits per heavy atom. The van der Waals surface area contributed by atoms with Gasteiger partial charge in [0.2, 0.25) is 0 Å². The van der Waals surface area contributed by atoms with Gasteiger partial charge in [-0.2, -0.15) is 0 Å². The second-order valence-corrected chi connectivity index (χ2v) is 5.72. The molecule has 4 rings (SSSR count). The first-order valence-corrected chi connectivity index (χ1v) is 7.88. The standard InChI is InChI=1S/C17H14FN5O3/c18-10-1-2-12-11(7-10)14-9(3-5-19-16(24)15(14)21-12)8-20-17(25)22-13-4-6-26-23-13/h1-2,4,6-8,21H,3,5H2,(H,19,24)(H2,20,22,23,25). The van der Waals surface area contributed by atoms with Crippen molar-refractivity contribution in [3.8, 4) is 0 Å². The lowest BCUT2D eigenvalue weighted by Gasteiger charge is -2.06. The van der Waals surface area contributed by atoms with E-state index < -0.39 is 11.8 Å². The number of hydrogen-bond donors (Lipinski definition) is 4. The molecule has 26 heavy (non-hydrogen) atoms. The van der Waals surface area contributed by atoms with Crippen molar-refractivity contribution in [3.05, 3.63) is 53.8 Å². The Kier molecular flexibility index (Phi) is 3.88. The number of carbonyl (C=O) groups excluding carboxylic acids is 2. The summed E-state index contributed by atoms with van der Waals surface area (Å²) in [5, 5.41) is 12.0. The molecule has 4 N–H and O–H groups in total. The number of aromatic amines is 1. The second-order valence-electron chi connectivity index (χ2n) is 5.72. The molecule has 0 spiro atoms. The third-order valence-electron chi connectivity index (χ3n) is 4.05. The summed E-state index contributed by atoms with van der Waals surface area (Å²) in [5.41, 5.74) is 2.26. The molecule has 1 aromatic carbocycles. The number of amides is 3. The molecule has 132 valence electrons. The lowest BCUT2D eigenvalue weighted by molar-refractivity contribution is 0.0952. The number of nitrogens with one attached hydrogen (secondary N) is 4. The van der Waals surface area contributed by atoms with Crippen molar-refractivity contribution in [1.82, 2.24) is 20.8 Å². The number of hydrogen-bond acceptors (Lipinski definition) is 4. The van der Waals surface area contributed by atoms with Crippen LogP contribution in [-0.4, -0.2) is 28.6 Å². The molecule has 0 fully saturated rings. The smallest absolute Gasteiger partial charge is 0.324 e. The minimum absolute atomic E-state index is 0.271. The Bertz CT molecular complexity index is 1020. The van der Waals surface area contributed by atoms with Crippen LogP contribution in [0.2, 0.25) is 0 Å². The van der Waals surface area contributed by atoms with Crippen molar-refractivity contribution in [2.45, 2.75) is 6.42 Å². The number of anilines is 1. The summed E-state index contributed by atoms with van der Waals surface area (Å²) in [6, 6.07) is 5.26. The first-order valence-electron chi connectivity index (χ1n) is 7.88. The molecule has 9 heteroatoms. The van der Waals surface area contributed by atoms with Crippen LogP contribution < -0.4 is 16.0 Å². The highest BCUT2D eigenvalue weighted by molar-refractivity contribution is 6.07. The fourth-order valence-electron chi connectivity index (χ4n) is 2.92. The number of aromatic nitrogens is 2. The van der Waals surface area contributed by atoms with E-state index >= 15 is 0 Å². The molecule has 2 aromatic heterocycles. The average molecular weight is 355 g/mol. The van der Waals surface area contributed by atoms with E-state index in [-0.39, 0.29) is 11.7 Å². The largest absolute Gasteiger partial charge is 0.363 e. The molecule has 0 unspecified atom stereocenters. The van der Waals surface area contributed by atoms with Gasteiger partial charge in [-0.15, -0.1) is 0 Å². The number of H-pyrrole nitrogens is 1. The zero-order chi connectivity index (χ0) is 18.1. The minimum atomic E-state index is -0.512. The van der Waals surface area contributed by atoms with E-state index in [4.69, 9.17) is 0 Å².